The Labute approximate surface area is 172 Å². The van der Waals surface area contributed by atoms with E-state index < -0.39 is 0 Å². The minimum atomic E-state index is -0.233. The molecule has 2 aromatic carbocycles. The van der Waals surface area contributed by atoms with Crippen LogP contribution in [0.2, 0.25) is 0 Å². The van der Waals surface area contributed by atoms with Crippen molar-refractivity contribution in [2.24, 2.45) is 5.10 Å². The van der Waals surface area contributed by atoms with Gasteiger partial charge in [-0.25, -0.2) is 5.01 Å². The van der Waals surface area contributed by atoms with Crippen LogP contribution >= 0.6 is 43.2 Å². The molecule has 26 heavy (non-hydrogen) atoms. The van der Waals surface area contributed by atoms with Gasteiger partial charge in [-0.15, -0.1) is 11.3 Å². The van der Waals surface area contributed by atoms with Crippen molar-refractivity contribution in [3.8, 4) is 5.75 Å². The van der Waals surface area contributed by atoms with Gasteiger partial charge in [-0.1, -0.05) is 52.3 Å². The van der Waals surface area contributed by atoms with E-state index >= 15 is 0 Å². The predicted molar refractivity (Wildman–Crippen MR) is 112 cm³/mol. The highest BCUT2D eigenvalue weighted by Crippen LogP contribution is 2.50. The van der Waals surface area contributed by atoms with Crippen LogP contribution in [0.25, 0.3) is 0 Å². The zero-order chi connectivity index (χ0) is 17.7. The van der Waals surface area contributed by atoms with Crippen molar-refractivity contribution >= 4 is 48.9 Å². The quantitative estimate of drug-likeness (QED) is 0.409. The fourth-order valence-corrected chi connectivity index (χ4v) is 5.62. The standard InChI is InChI=1S/C20H14Br2N2OS/c21-13-9-14-17-11-16(18-7-4-8-26-18)23-24(17)20(12-5-2-1-3-6-12)25-19(14)15(22)10-13/h1-10,17,20H,11H2/t17-,20+/m0/s1. The first-order chi connectivity index (χ1) is 12.7. The van der Waals surface area contributed by atoms with Crippen molar-refractivity contribution in [2.45, 2.75) is 18.7 Å². The third-order valence-corrected chi connectivity index (χ3v) is 6.66. The lowest BCUT2D eigenvalue weighted by Gasteiger charge is -2.38. The predicted octanol–water partition coefficient (Wildman–Crippen LogP) is 6.52. The second-order valence-electron chi connectivity index (χ2n) is 6.31. The summed E-state index contributed by atoms with van der Waals surface area (Å²) in [5, 5.41) is 9.19. The number of fused-ring (bicyclic) bond motifs is 3. The van der Waals surface area contributed by atoms with Crippen LogP contribution < -0.4 is 4.74 Å². The number of benzene rings is 2. The van der Waals surface area contributed by atoms with Crippen molar-refractivity contribution in [3.05, 3.63) is 84.9 Å². The summed E-state index contributed by atoms with van der Waals surface area (Å²) in [6.45, 7) is 0. The number of halogens is 2. The number of hydrazone groups is 1. The van der Waals surface area contributed by atoms with Gasteiger partial charge in [0, 0.05) is 22.0 Å². The van der Waals surface area contributed by atoms with Crippen molar-refractivity contribution in [1.82, 2.24) is 5.01 Å². The van der Waals surface area contributed by atoms with Gasteiger partial charge in [0.25, 0.3) is 0 Å². The normalized spacial score (nSPS) is 21.0. The SMILES string of the molecule is Brc1cc(Br)c2c(c1)[C@@H]1CC(c3cccs3)=NN1[C@@H](c1ccccc1)O2. The molecule has 6 heteroatoms. The van der Waals surface area contributed by atoms with E-state index in [4.69, 9.17) is 9.84 Å². The Morgan fingerprint density at radius 3 is 2.69 bits per heavy atom. The van der Waals surface area contributed by atoms with Crippen molar-refractivity contribution < 1.29 is 4.74 Å². The molecule has 0 saturated carbocycles. The van der Waals surface area contributed by atoms with Gasteiger partial charge in [0.1, 0.15) is 5.75 Å². The summed E-state index contributed by atoms with van der Waals surface area (Å²) >= 11 is 9.02. The second-order valence-corrected chi connectivity index (χ2v) is 9.03. The van der Waals surface area contributed by atoms with Gasteiger partial charge in [-0.3, -0.25) is 0 Å². The summed E-state index contributed by atoms with van der Waals surface area (Å²) in [5.74, 6) is 0.908. The lowest BCUT2D eigenvalue weighted by molar-refractivity contribution is -0.0197. The van der Waals surface area contributed by atoms with Crippen LogP contribution in [0, 0.1) is 0 Å². The maximum atomic E-state index is 6.44. The van der Waals surface area contributed by atoms with Crippen LogP contribution in [0.4, 0.5) is 0 Å². The largest absolute Gasteiger partial charge is 0.463 e. The van der Waals surface area contributed by atoms with E-state index in [0.29, 0.717) is 0 Å². The Morgan fingerprint density at radius 1 is 1.08 bits per heavy atom. The lowest BCUT2D eigenvalue weighted by atomic mass is 9.98. The minimum Gasteiger partial charge on any atom is -0.463 e. The third kappa shape index (κ3) is 2.71. The molecule has 0 amide bonds. The monoisotopic (exact) mass is 488 g/mol. The first-order valence-corrected chi connectivity index (χ1v) is 10.8. The molecule has 2 aliphatic heterocycles. The van der Waals surface area contributed by atoms with Crippen LogP contribution in [0.1, 0.15) is 34.7 Å². The summed E-state index contributed by atoms with van der Waals surface area (Å²) in [5.41, 5.74) is 3.39. The molecule has 3 aromatic rings. The Morgan fingerprint density at radius 2 is 1.92 bits per heavy atom. The maximum absolute atomic E-state index is 6.44. The molecule has 0 fully saturated rings. The smallest absolute Gasteiger partial charge is 0.213 e. The summed E-state index contributed by atoms with van der Waals surface area (Å²) in [6.07, 6.45) is 0.645. The van der Waals surface area contributed by atoms with Crippen molar-refractivity contribution in [1.29, 1.82) is 0 Å². The third-order valence-electron chi connectivity index (χ3n) is 4.70. The van der Waals surface area contributed by atoms with Gasteiger partial charge < -0.3 is 4.74 Å². The second kappa shape index (κ2) is 6.51. The lowest BCUT2D eigenvalue weighted by Crippen LogP contribution is -2.33. The zero-order valence-electron chi connectivity index (χ0n) is 13.6. The molecule has 2 atom stereocenters. The summed E-state index contributed by atoms with van der Waals surface area (Å²) < 4.78 is 8.44. The molecule has 0 aliphatic carbocycles. The van der Waals surface area contributed by atoms with Gasteiger partial charge in [-0.2, -0.15) is 5.10 Å². The van der Waals surface area contributed by atoms with E-state index in [-0.39, 0.29) is 12.3 Å². The van der Waals surface area contributed by atoms with Gasteiger partial charge in [0.15, 0.2) is 0 Å². The molecule has 1 aromatic heterocycles. The molecular weight excluding hydrogens is 476 g/mol. The molecule has 0 bridgehead atoms. The summed E-state index contributed by atoms with van der Waals surface area (Å²) in [4.78, 5) is 1.22. The first-order valence-electron chi connectivity index (χ1n) is 8.31. The number of nitrogens with zero attached hydrogens (tertiary/aromatic N) is 2. The molecule has 3 nitrogen and oxygen atoms in total. The fraction of sp³-hybridized carbons (Fsp3) is 0.150. The molecule has 3 heterocycles. The summed E-state index contributed by atoms with van der Waals surface area (Å²) in [6, 6.07) is 18.8. The summed E-state index contributed by atoms with van der Waals surface area (Å²) in [7, 11) is 0. The topological polar surface area (TPSA) is 24.8 Å². The molecule has 2 aliphatic rings. The van der Waals surface area contributed by atoms with Crippen LogP contribution in [0.5, 0.6) is 5.75 Å². The molecule has 130 valence electrons. The number of thiophene rings is 1. The minimum absolute atomic E-state index is 0.162. The average Bonchev–Trinajstić information content (AvgIpc) is 3.31. The highest BCUT2D eigenvalue weighted by Gasteiger charge is 2.42. The van der Waals surface area contributed by atoms with Crippen molar-refractivity contribution in [3.63, 3.8) is 0 Å². The van der Waals surface area contributed by atoms with Crippen LogP contribution in [0.15, 0.2) is 74.0 Å². The van der Waals surface area contributed by atoms with Crippen LogP contribution in [-0.2, 0) is 0 Å². The fourth-order valence-electron chi connectivity index (χ4n) is 3.54. The highest BCUT2D eigenvalue weighted by atomic mass is 79.9. The molecule has 0 unspecified atom stereocenters. The van der Waals surface area contributed by atoms with Gasteiger partial charge in [0.2, 0.25) is 6.23 Å². The average molecular weight is 490 g/mol. The number of hydrogen-bond acceptors (Lipinski definition) is 4. The number of rotatable bonds is 2. The van der Waals surface area contributed by atoms with Gasteiger partial charge >= 0.3 is 0 Å². The molecule has 0 saturated heterocycles. The maximum Gasteiger partial charge on any atom is 0.213 e. The molecule has 5 rings (SSSR count). The number of hydrogen-bond donors (Lipinski definition) is 0. The van der Waals surface area contributed by atoms with Gasteiger partial charge in [-0.05, 0) is 39.5 Å². The number of ether oxygens (including phenoxy) is 1. The van der Waals surface area contributed by atoms with E-state index in [1.165, 1.54) is 4.88 Å². The van der Waals surface area contributed by atoms with Crippen LogP contribution in [0.3, 0.4) is 0 Å². The van der Waals surface area contributed by atoms with E-state index in [2.05, 4.69) is 72.6 Å². The van der Waals surface area contributed by atoms with E-state index in [1.54, 1.807) is 11.3 Å². The Hall–Kier alpha value is -1.63. The van der Waals surface area contributed by atoms with Crippen LogP contribution in [-0.4, -0.2) is 10.7 Å². The first kappa shape index (κ1) is 16.5. The zero-order valence-corrected chi connectivity index (χ0v) is 17.6. The van der Waals surface area contributed by atoms with E-state index in [1.807, 2.05) is 24.3 Å². The van der Waals surface area contributed by atoms with Crippen molar-refractivity contribution in [2.75, 3.05) is 0 Å². The molecule has 0 N–H and O–H groups in total. The Balaban J connectivity index is 1.65. The molecule has 0 radical (unpaired) electrons. The molecule has 0 spiro atoms. The molecular formula is C20H14Br2N2OS. The van der Waals surface area contributed by atoms with E-state index in [0.717, 1.165) is 38.0 Å². The highest BCUT2D eigenvalue weighted by molar-refractivity contribution is 9.11. The van der Waals surface area contributed by atoms with E-state index in [9.17, 15) is 0 Å². The Kier molecular flexibility index (Phi) is 4.14. The van der Waals surface area contributed by atoms with Gasteiger partial charge in [0.05, 0.1) is 21.1 Å². The Bertz CT molecular complexity index is 989.